The maximum Gasteiger partial charge on any atom is 0.0786 e. The van der Waals surface area contributed by atoms with Gasteiger partial charge in [-0.25, -0.2) is 0 Å². The Hall–Kier alpha value is -6.38. The fraction of sp³-hybridized carbons (Fsp3) is 0.0417. The summed E-state index contributed by atoms with van der Waals surface area (Å²) < 4.78 is 0. The topological polar surface area (TPSA) is 25.2 Å². The number of aromatic nitrogens is 1. The first-order valence-corrected chi connectivity index (χ1v) is 17.2. The van der Waals surface area contributed by atoms with Gasteiger partial charge in [0.1, 0.15) is 0 Å². The van der Waals surface area contributed by atoms with Crippen LogP contribution < -0.4 is 0 Å². The van der Waals surface area contributed by atoms with Crippen LogP contribution in [0.2, 0.25) is 0 Å². The molecule has 0 radical (unpaired) electrons. The van der Waals surface area contributed by atoms with Crippen molar-refractivity contribution >= 4 is 17.0 Å². The van der Waals surface area contributed by atoms with Crippen LogP contribution in [0.1, 0.15) is 23.6 Å². The summed E-state index contributed by atoms with van der Waals surface area (Å²) in [5, 5.41) is 0. The molecule has 0 spiro atoms. The van der Waals surface area contributed by atoms with E-state index in [2.05, 4.69) is 189 Å². The first kappa shape index (κ1) is 30.9. The van der Waals surface area contributed by atoms with Crippen molar-refractivity contribution in [1.29, 1.82) is 0 Å². The summed E-state index contributed by atoms with van der Waals surface area (Å²) in [6, 6.07) is 61.9. The Bertz CT molecular complexity index is 2260. The fourth-order valence-electron chi connectivity index (χ4n) is 6.79. The Morgan fingerprint density at radius 3 is 1.52 bits per heavy atom. The van der Waals surface area contributed by atoms with Gasteiger partial charge >= 0.3 is 0 Å². The lowest BCUT2D eigenvalue weighted by Gasteiger charge is -2.17. The molecule has 0 fully saturated rings. The molecule has 0 bridgehead atoms. The van der Waals surface area contributed by atoms with E-state index in [-0.39, 0.29) is 5.92 Å². The highest BCUT2D eigenvalue weighted by Crippen LogP contribution is 2.39. The van der Waals surface area contributed by atoms with Gasteiger partial charge in [0.25, 0.3) is 0 Å². The van der Waals surface area contributed by atoms with Crippen molar-refractivity contribution in [2.24, 2.45) is 10.9 Å². The van der Waals surface area contributed by atoms with E-state index in [0.29, 0.717) is 0 Å². The van der Waals surface area contributed by atoms with Gasteiger partial charge in [-0.05, 0) is 56.7 Å². The molecule has 0 amide bonds. The molecule has 0 aliphatic carbocycles. The number of benzene rings is 6. The van der Waals surface area contributed by atoms with E-state index in [1.54, 1.807) is 0 Å². The predicted octanol–water partition coefficient (Wildman–Crippen LogP) is 12.3. The van der Waals surface area contributed by atoms with E-state index in [4.69, 9.17) is 9.98 Å². The minimum atomic E-state index is 0.0894. The summed E-state index contributed by atoms with van der Waals surface area (Å²) in [5.41, 5.74) is 15.6. The van der Waals surface area contributed by atoms with Crippen LogP contribution in [-0.4, -0.2) is 10.7 Å². The average molecular weight is 641 g/mol. The molecular weight excluding hydrogens is 605 g/mol. The lowest BCUT2D eigenvalue weighted by atomic mass is 9.89. The van der Waals surface area contributed by atoms with Crippen LogP contribution in [-0.2, 0) is 0 Å². The number of rotatable bonds is 7. The molecule has 0 N–H and O–H groups in total. The molecule has 1 aliphatic heterocycles. The molecule has 8 rings (SSSR count). The van der Waals surface area contributed by atoms with Crippen molar-refractivity contribution in [3.63, 3.8) is 0 Å². The Morgan fingerprint density at radius 1 is 0.420 bits per heavy atom. The molecule has 1 unspecified atom stereocenters. The third-order valence-electron chi connectivity index (χ3n) is 9.34. The molecule has 1 aliphatic rings. The number of hydrogen-bond acceptors (Lipinski definition) is 2. The van der Waals surface area contributed by atoms with E-state index in [1.807, 2.05) is 12.3 Å². The molecule has 1 aromatic heterocycles. The maximum atomic E-state index is 5.42. The molecule has 7 aromatic rings. The van der Waals surface area contributed by atoms with Crippen LogP contribution in [0.15, 0.2) is 199 Å². The normalized spacial score (nSPS) is 14.3. The predicted molar refractivity (Wildman–Crippen MR) is 211 cm³/mol. The lowest BCUT2D eigenvalue weighted by molar-refractivity contribution is 1.00. The van der Waals surface area contributed by atoms with Crippen molar-refractivity contribution in [3.8, 4) is 44.6 Å². The molecule has 2 nitrogen and oxygen atoms in total. The zero-order chi connectivity index (χ0) is 33.7. The van der Waals surface area contributed by atoms with Gasteiger partial charge in [0.2, 0.25) is 0 Å². The first-order valence-electron chi connectivity index (χ1n) is 17.2. The molecule has 1 atom stereocenters. The number of pyridine rings is 1. The number of nitrogens with zero attached hydrogens (tertiary/aromatic N) is 2. The summed E-state index contributed by atoms with van der Waals surface area (Å²) in [6.07, 6.45) is 6.50. The van der Waals surface area contributed by atoms with Crippen LogP contribution in [0.4, 0.5) is 0 Å². The Morgan fingerprint density at radius 2 is 0.900 bits per heavy atom. The van der Waals surface area contributed by atoms with Gasteiger partial charge in [0, 0.05) is 28.8 Å². The van der Waals surface area contributed by atoms with E-state index in [9.17, 15) is 0 Å². The largest absolute Gasteiger partial charge is 0.256 e. The number of hydrogen-bond donors (Lipinski definition) is 0. The summed E-state index contributed by atoms with van der Waals surface area (Å²) in [5.74, 6) is 0.0894. The van der Waals surface area contributed by atoms with Gasteiger partial charge in [-0.3, -0.25) is 9.98 Å². The van der Waals surface area contributed by atoms with Gasteiger partial charge in [0.05, 0.1) is 17.1 Å². The molecule has 50 heavy (non-hydrogen) atoms. The Labute approximate surface area is 294 Å². The SMILES string of the molecule is CC1C=C(c2ccccc2)C=C(c2ccc(-c3ccccc3)cc2)N=C1c1ccc(-c2c(-c3ccccc3)ccnc2-c2ccccc2)cc1. The van der Waals surface area contributed by atoms with Crippen LogP contribution >= 0.6 is 0 Å². The van der Waals surface area contributed by atoms with E-state index in [0.717, 1.165) is 50.5 Å². The van der Waals surface area contributed by atoms with Gasteiger partial charge in [-0.1, -0.05) is 183 Å². The minimum Gasteiger partial charge on any atom is -0.256 e. The number of allylic oxidation sites excluding steroid dienone is 3. The highest BCUT2D eigenvalue weighted by molar-refractivity contribution is 6.09. The summed E-state index contributed by atoms with van der Waals surface area (Å²) in [7, 11) is 0. The fourth-order valence-corrected chi connectivity index (χ4v) is 6.79. The Kier molecular flexibility index (Phi) is 8.66. The van der Waals surface area contributed by atoms with Crippen molar-refractivity contribution in [1.82, 2.24) is 4.98 Å². The molecular formula is C48H36N2. The third-order valence-corrected chi connectivity index (χ3v) is 9.34. The van der Waals surface area contributed by atoms with Crippen molar-refractivity contribution in [2.45, 2.75) is 6.92 Å². The van der Waals surface area contributed by atoms with Crippen LogP contribution in [0.5, 0.6) is 0 Å². The maximum absolute atomic E-state index is 5.42. The molecule has 2 heterocycles. The van der Waals surface area contributed by atoms with Crippen molar-refractivity contribution < 1.29 is 0 Å². The lowest BCUT2D eigenvalue weighted by Crippen LogP contribution is -2.10. The first-order chi connectivity index (χ1) is 24.7. The number of aliphatic imine (C=N–C) groups is 1. The molecule has 0 saturated heterocycles. The van der Waals surface area contributed by atoms with Crippen molar-refractivity contribution in [3.05, 3.63) is 211 Å². The van der Waals surface area contributed by atoms with Gasteiger partial charge in [-0.15, -0.1) is 0 Å². The van der Waals surface area contributed by atoms with E-state index < -0.39 is 0 Å². The smallest absolute Gasteiger partial charge is 0.0786 e. The van der Waals surface area contributed by atoms with Crippen LogP contribution in [0.25, 0.3) is 55.9 Å². The average Bonchev–Trinajstić information content (AvgIpc) is 3.38. The third kappa shape index (κ3) is 6.40. The van der Waals surface area contributed by atoms with Gasteiger partial charge in [-0.2, -0.15) is 0 Å². The molecule has 6 aromatic carbocycles. The van der Waals surface area contributed by atoms with E-state index in [1.165, 1.54) is 27.8 Å². The molecule has 238 valence electrons. The Balaban J connectivity index is 1.22. The standard InChI is InChI=1S/C48H36N2/c1-34-32-43(36-16-8-3-9-17-36)33-45(39-24-22-37(23-25-39)35-14-6-2-7-15-35)50-47(34)42-28-26-40(27-29-42)46-44(38-18-10-4-11-19-38)30-31-49-48(46)41-20-12-5-13-21-41/h2-34H,1H3. The van der Waals surface area contributed by atoms with Gasteiger partial charge < -0.3 is 0 Å². The second-order valence-corrected chi connectivity index (χ2v) is 12.6. The van der Waals surface area contributed by atoms with E-state index >= 15 is 0 Å². The zero-order valence-electron chi connectivity index (χ0n) is 27.9. The minimum absolute atomic E-state index is 0.0894. The summed E-state index contributed by atoms with van der Waals surface area (Å²) in [6.45, 7) is 2.24. The second-order valence-electron chi connectivity index (χ2n) is 12.6. The van der Waals surface area contributed by atoms with Crippen LogP contribution in [0.3, 0.4) is 0 Å². The van der Waals surface area contributed by atoms with Crippen LogP contribution in [0, 0.1) is 5.92 Å². The molecule has 2 heteroatoms. The zero-order valence-corrected chi connectivity index (χ0v) is 27.9. The van der Waals surface area contributed by atoms with Crippen molar-refractivity contribution in [2.75, 3.05) is 0 Å². The highest BCUT2D eigenvalue weighted by atomic mass is 14.8. The second kappa shape index (κ2) is 14.0. The summed E-state index contributed by atoms with van der Waals surface area (Å²) >= 11 is 0. The quantitative estimate of drug-likeness (QED) is 0.170. The molecule has 0 saturated carbocycles. The highest BCUT2D eigenvalue weighted by Gasteiger charge is 2.20. The summed E-state index contributed by atoms with van der Waals surface area (Å²) in [4.78, 5) is 10.3. The monoisotopic (exact) mass is 640 g/mol. The van der Waals surface area contributed by atoms with Gasteiger partial charge in [0.15, 0.2) is 0 Å².